The number of amides is 1. The van der Waals surface area contributed by atoms with Gasteiger partial charge in [-0.1, -0.05) is 36.9 Å². The van der Waals surface area contributed by atoms with Crippen LogP contribution in [0.25, 0.3) is 11.8 Å². The molecule has 0 saturated heterocycles. The van der Waals surface area contributed by atoms with E-state index in [1.165, 1.54) is 16.7 Å². The number of aliphatic imine (C=N–C) groups is 1. The number of hydrogen-bond donors (Lipinski definition) is 0. The molecule has 8 heteroatoms. The van der Waals surface area contributed by atoms with Crippen LogP contribution in [-0.2, 0) is 11.8 Å². The molecule has 0 saturated carbocycles. The van der Waals surface area contributed by atoms with Gasteiger partial charge in [0.25, 0.3) is 11.5 Å². The Bertz CT molecular complexity index is 1230. The van der Waals surface area contributed by atoms with E-state index in [2.05, 4.69) is 4.99 Å². The zero-order chi connectivity index (χ0) is 21.4. The monoisotopic (exact) mass is 438 g/mol. The lowest BCUT2D eigenvalue weighted by atomic mass is 10.2. The van der Waals surface area contributed by atoms with E-state index in [1.54, 1.807) is 20.7 Å². The predicted molar refractivity (Wildman–Crippen MR) is 126 cm³/mol. The number of amidine groups is 1. The molecule has 3 aromatic rings. The largest absolute Gasteiger partial charge is 0.296 e. The molecule has 3 heterocycles. The van der Waals surface area contributed by atoms with E-state index in [1.807, 2.05) is 75.7 Å². The van der Waals surface area contributed by atoms with Crippen LogP contribution in [0.3, 0.4) is 0 Å². The number of carbonyl (C=O) groups excluding carboxylic acids is 1. The molecule has 6 nitrogen and oxygen atoms in total. The number of thioether (sulfide) groups is 1. The molecule has 1 aliphatic rings. The first-order valence-corrected chi connectivity index (χ1v) is 11.5. The number of hydrogen-bond acceptors (Lipinski definition) is 5. The Morgan fingerprint density at radius 1 is 1.13 bits per heavy atom. The lowest BCUT2D eigenvalue weighted by molar-refractivity contribution is -0.113. The Balaban J connectivity index is 1.85. The molecular weight excluding hydrogens is 416 g/mol. The molecule has 0 atom stereocenters. The normalized spacial score (nSPS) is 15.3. The van der Waals surface area contributed by atoms with Crippen molar-refractivity contribution in [2.45, 2.75) is 20.8 Å². The van der Waals surface area contributed by atoms with E-state index < -0.39 is 0 Å². The molecular formula is C22H22N4O2S2. The van der Waals surface area contributed by atoms with Gasteiger partial charge >= 0.3 is 0 Å². The molecule has 1 aromatic carbocycles. The van der Waals surface area contributed by atoms with Gasteiger partial charge in [0, 0.05) is 11.9 Å². The quantitative estimate of drug-likeness (QED) is 0.569. The molecule has 0 radical (unpaired) electrons. The van der Waals surface area contributed by atoms with E-state index in [9.17, 15) is 9.59 Å². The Kier molecular flexibility index (Phi) is 5.53. The molecule has 0 spiro atoms. The zero-order valence-corrected chi connectivity index (χ0v) is 18.9. The standard InChI is InChI=1S/C22H22N4O2S2/c1-5-29-22-23-17(13-18-14(2)11-12-30-18)20(27)25(22)19-15(3)24(4)26(21(19)28)16-9-7-6-8-10-16/h6-13H,5H2,1-4H3/b17-13-. The molecule has 0 unspecified atom stereocenters. The lowest BCUT2D eigenvalue weighted by Crippen LogP contribution is -2.35. The van der Waals surface area contributed by atoms with Gasteiger partial charge < -0.3 is 0 Å². The maximum absolute atomic E-state index is 13.4. The SMILES string of the molecule is CCSC1=N/C(=C\c2sccc2C)C(=O)N1c1c(C)n(C)n(-c2ccccc2)c1=O. The van der Waals surface area contributed by atoms with Crippen LogP contribution in [-0.4, -0.2) is 26.2 Å². The summed E-state index contributed by atoms with van der Waals surface area (Å²) >= 11 is 3.02. The van der Waals surface area contributed by atoms with Crippen molar-refractivity contribution in [3.8, 4) is 5.69 Å². The van der Waals surface area contributed by atoms with Crippen molar-refractivity contribution < 1.29 is 4.79 Å². The number of aryl methyl sites for hydroxylation is 1. The highest BCUT2D eigenvalue weighted by molar-refractivity contribution is 8.14. The van der Waals surface area contributed by atoms with Crippen molar-refractivity contribution in [3.63, 3.8) is 0 Å². The summed E-state index contributed by atoms with van der Waals surface area (Å²) < 4.78 is 3.36. The van der Waals surface area contributed by atoms with E-state index in [-0.39, 0.29) is 11.5 Å². The van der Waals surface area contributed by atoms with Crippen LogP contribution in [0.15, 0.2) is 57.3 Å². The average molecular weight is 439 g/mol. The summed E-state index contributed by atoms with van der Waals surface area (Å²) in [5.74, 6) is 0.469. The Morgan fingerprint density at radius 3 is 2.50 bits per heavy atom. The van der Waals surface area contributed by atoms with Crippen LogP contribution in [0.2, 0.25) is 0 Å². The number of carbonyl (C=O) groups is 1. The number of benzene rings is 1. The summed E-state index contributed by atoms with van der Waals surface area (Å²) in [7, 11) is 1.82. The minimum absolute atomic E-state index is 0.243. The van der Waals surface area contributed by atoms with Gasteiger partial charge in [0.1, 0.15) is 11.4 Å². The van der Waals surface area contributed by atoms with Crippen molar-refractivity contribution in [1.82, 2.24) is 9.36 Å². The Morgan fingerprint density at radius 2 is 1.87 bits per heavy atom. The van der Waals surface area contributed by atoms with Crippen molar-refractivity contribution in [3.05, 3.63) is 74.0 Å². The third-order valence-electron chi connectivity index (χ3n) is 5.02. The Labute approximate surface area is 183 Å². The minimum atomic E-state index is -0.273. The maximum Gasteiger partial charge on any atom is 0.296 e. The third-order valence-corrected chi connectivity index (χ3v) is 6.81. The third kappa shape index (κ3) is 3.36. The van der Waals surface area contributed by atoms with Gasteiger partial charge in [0.05, 0.1) is 11.4 Å². The van der Waals surface area contributed by atoms with Gasteiger partial charge in [0.2, 0.25) is 0 Å². The van der Waals surface area contributed by atoms with Crippen LogP contribution in [0, 0.1) is 13.8 Å². The highest BCUT2D eigenvalue weighted by atomic mass is 32.2. The van der Waals surface area contributed by atoms with Crippen molar-refractivity contribution in [1.29, 1.82) is 0 Å². The smallest absolute Gasteiger partial charge is 0.283 e. The van der Waals surface area contributed by atoms with E-state index in [4.69, 9.17) is 0 Å². The molecule has 0 bridgehead atoms. The fourth-order valence-corrected chi connectivity index (χ4v) is 4.96. The van der Waals surface area contributed by atoms with Crippen LogP contribution < -0.4 is 10.5 Å². The first-order valence-electron chi connectivity index (χ1n) is 9.59. The number of anilines is 1. The van der Waals surface area contributed by atoms with Crippen LogP contribution >= 0.6 is 23.1 Å². The molecule has 1 amide bonds. The number of aromatic nitrogens is 2. The number of thiophene rings is 1. The predicted octanol–water partition coefficient (Wildman–Crippen LogP) is 4.35. The van der Waals surface area contributed by atoms with Gasteiger partial charge in [-0.15, -0.1) is 11.3 Å². The van der Waals surface area contributed by atoms with Crippen molar-refractivity contribution in [2.24, 2.45) is 12.0 Å². The van der Waals surface area contributed by atoms with Crippen molar-refractivity contribution in [2.75, 3.05) is 10.7 Å². The number of para-hydroxylation sites is 1. The summed E-state index contributed by atoms with van der Waals surface area (Å²) in [6.07, 6.45) is 1.81. The summed E-state index contributed by atoms with van der Waals surface area (Å²) in [4.78, 5) is 33.9. The van der Waals surface area contributed by atoms with Gasteiger partial charge in [0.15, 0.2) is 5.17 Å². The molecule has 0 N–H and O–H groups in total. The van der Waals surface area contributed by atoms with Gasteiger partial charge in [-0.2, -0.15) is 0 Å². The first-order chi connectivity index (χ1) is 14.4. The second kappa shape index (κ2) is 8.12. The highest BCUT2D eigenvalue weighted by Crippen LogP contribution is 2.31. The van der Waals surface area contributed by atoms with E-state index in [0.717, 1.165) is 21.9 Å². The van der Waals surface area contributed by atoms with Crippen LogP contribution in [0.1, 0.15) is 23.1 Å². The van der Waals surface area contributed by atoms with E-state index >= 15 is 0 Å². The molecule has 0 fully saturated rings. The summed E-state index contributed by atoms with van der Waals surface area (Å²) in [6.45, 7) is 5.86. The first kappa shape index (κ1) is 20.4. The highest BCUT2D eigenvalue weighted by Gasteiger charge is 2.36. The molecule has 4 rings (SSSR count). The fraction of sp³-hybridized carbons (Fsp3) is 0.227. The molecule has 1 aliphatic heterocycles. The van der Waals surface area contributed by atoms with E-state index in [0.29, 0.717) is 22.2 Å². The number of nitrogens with zero attached hydrogens (tertiary/aromatic N) is 4. The summed E-state index contributed by atoms with van der Waals surface area (Å²) in [6, 6.07) is 11.4. The van der Waals surface area contributed by atoms with Crippen LogP contribution in [0.5, 0.6) is 0 Å². The second-order valence-electron chi connectivity index (χ2n) is 6.88. The van der Waals surface area contributed by atoms with Gasteiger partial charge in [-0.3, -0.25) is 14.3 Å². The summed E-state index contributed by atoms with van der Waals surface area (Å²) in [5.41, 5.74) is 3.00. The summed E-state index contributed by atoms with van der Waals surface area (Å²) in [5, 5.41) is 2.53. The maximum atomic E-state index is 13.4. The zero-order valence-electron chi connectivity index (χ0n) is 17.2. The number of rotatable bonds is 4. The Hall–Kier alpha value is -2.84. The average Bonchev–Trinajstić information content (AvgIpc) is 3.33. The molecule has 30 heavy (non-hydrogen) atoms. The molecule has 0 aliphatic carbocycles. The van der Waals surface area contributed by atoms with Crippen molar-refractivity contribution >= 4 is 45.9 Å². The van der Waals surface area contributed by atoms with Crippen LogP contribution in [0.4, 0.5) is 5.69 Å². The topological polar surface area (TPSA) is 59.6 Å². The van der Waals surface area contributed by atoms with Gasteiger partial charge in [-0.25, -0.2) is 14.6 Å². The minimum Gasteiger partial charge on any atom is -0.283 e. The molecule has 154 valence electrons. The van der Waals surface area contributed by atoms with Gasteiger partial charge in [-0.05, 0) is 54.8 Å². The lowest BCUT2D eigenvalue weighted by Gasteiger charge is -2.15. The molecule has 2 aromatic heterocycles. The second-order valence-corrected chi connectivity index (χ2v) is 9.05. The fourth-order valence-electron chi connectivity index (χ4n) is 3.39.